The van der Waals surface area contributed by atoms with Crippen molar-refractivity contribution in [2.75, 3.05) is 28.9 Å². The summed E-state index contributed by atoms with van der Waals surface area (Å²) in [4.78, 5) is 22.4. The van der Waals surface area contributed by atoms with Gasteiger partial charge in [-0.25, -0.2) is 8.42 Å². The van der Waals surface area contributed by atoms with E-state index in [-0.39, 0.29) is 31.2 Å². The van der Waals surface area contributed by atoms with Gasteiger partial charge >= 0.3 is 0 Å². The Morgan fingerprint density at radius 3 is 2.14 bits per heavy atom. The number of carbonyl (C=O) groups is 2. The summed E-state index contributed by atoms with van der Waals surface area (Å²) in [5, 5.41) is 4.89. The van der Waals surface area contributed by atoms with Crippen molar-refractivity contribution in [2.24, 2.45) is 5.73 Å². The van der Waals surface area contributed by atoms with Crippen molar-refractivity contribution in [1.29, 1.82) is 0 Å². The molecule has 10 heteroatoms. The second-order valence-electron chi connectivity index (χ2n) is 4.11. The number of carbonyl (C=O) groups excluding carboxylic acids is 2. The third-order valence-electron chi connectivity index (χ3n) is 2.45. The summed E-state index contributed by atoms with van der Waals surface area (Å²) in [6.07, 6.45) is 0. The first-order valence-corrected chi connectivity index (χ1v) is 7.88. The van der Waals surface area contributed by atoms with Crippen molar-refractivity contribution >= 4 is 45.6 Å². The number of nitrogens with two attached hydrogens (primary N) is 1. The largest absolute Gasteiger partial charge is 0.346 e. The number of hydrogen-bond donors (Lipinski definition) is 4. The van der Waals surface area contributed by atoms with E-state index in [0.717, 1.165) is 0 Å². The fourth-order valence-corrected chi connectivity index (χ4v) is 1.97. The number of nitrogens with one attached hydrogen (secondary N) is 3. The molecule has 0 saturated heterocycles. The molecule has 5 N–H and O–H groups in total. The molecule has 0 aromatic heterocycles. The predicted octanol–water partition coefficient (Wildman–Crippen LogP) is -0.117. The summed E-state index contributed by atoms with van der Waals surface area (Å²) in [6, 6.07) is 6.16. The van der Waals surface area contributed by atoms with Crippen LogP contribution in [0.2, 0.25) is 0 Å². The van der Waals surface area contributed by atoms with E-state index >= 15 is 0 Å². The Labute approximate surface area is 135 Å². The van der Waals surface area contributed by atoms with Crippen LogP contribution >= 0.6 is 12.4 Å². The van der Waals surface area contributed by atoms with Crippen LogP contribution in [0.4, 0.5) is 11.4 Å². The van der Waals surface area contributed by atoms with Crippen LogP contribution in [0.1, 0.15) is 6.92 Å². The van der Waals surface area contributed by atoms with Gasteiger partial charge < -0.3 is 16.4 Å². The van der Waals surface area contributed by atoms with Gasteiger partial charge in [0.1, 0.15) is 0 Å². The quantitative estimate of drug-likeness (QED) is 0.544. The molecule has 0 unspecified atom stereocenters. The highest BCUT2D eigenvalue weighted by Gasteiger charge is 2.07. The summed E-state index contributed by atoms with van der Waals surface area (Å²) in [5.41, 5.74) is 5.99. The first-order chi connectivity index (χ1) is 9.86. The highest BCUT2D eigenvalue weighted by Crippen LogP contribution is 2.14. The van der Waals surface area contributed by atoms with Crippen molar-refractivity contribution in [3.05, 3.63) is 24.3 Å². The van der Waals surface area contributed by atoms with Gasteiger partial charge in [0.15, 0.2) is 0 Å². The van der Waals surface area contributed by atoms with Gasteiger partial charge in [-0.15, -0.1) is 12.4 Å². The lowest BCUT2D eigenvalue weighted by Gasteiger charge is -2.08. The number of rotatable bonds is 7. The van der Waals surface area contributed by atoms with E-state index in [1.807, 2.05) is 0 Å². The molecule has 0 bridgehead atoms. The van der Waals surface area contributed by atoms with Gasteiger partial charge in [-0.05, 0) is 31.2 Å². The summed E-state index contributed by atoms with van der Waals surface area (Å²) in [7, 11) is -3.33. The zero-order chi connectivity index (χ0) is 15.9. The van der Waals surface area contributed by atoms with E-state index in [1.165, 1.54) is 19.1 Å². The van der Waals surface area contributed by atoms with Gasteiger partial charge in [0.2, 0.25) is 21.8 Å². The van der Waals surface area contributed by atoms with E-state index in [2.05, 4.69) is 15.4 Å². The smallest absolute Gasteiger partial charge is 0.243 e. The maximum Gasteiger partial charge on any atom is 0.243 e. The highest BCUT2D eigenvalue weighted by atomic mass is 35.5. The SMILES string of the molecule is CCS(=O)(=O)Nc1ccc(NC(=O)CNC(=O)CN)cc1.Cl. The Morgan fingerprint density at radius 1 is 1.09 bits per heavy atom. The number of amides is 2. The van der Waals surface area contributed by atoms with Gasteiger partial charge in [-0.1, -0.05) is 0 Å². The van der Waals surface area contributed by atoms with Crippen LogP contribution < -0.4 is 21.1 Å². The standard InChI is InChI=1S/C12H18N4O4S.ClH/c1-2-21(19,20)16-10-5-3-9(4-6-10)15-12(18)8-14-11(17)7-13;/h3-6,16H,2,7-8,13H2,1H3,(H,14,17)(H,15,18);1H. The van der Waals surface area contributed by atoms with E-state index < -0.39 is 21.8 Å². The van der Waals surface area contributed by atoms with E-state index in [0.29, 0.717) is 11.4 Å². The van der Waals surface area contributed by atoms with Crippen molar-refractivity contribution < 1.29 is 18.0 Å². The molecular formula is C12H19ClN4O4S. The Balaban J connectivity index is 0.00000441. The van der Waals surface area contributed by atoms with Crippen LogP contribution in [-0.4, -0.2) is 39.1 Å². The van der Waals surface area contributed by atoms with Crippen LogP contribution in [0.25, 0.3) is 0 Å². The molecule has 0 aliphatic carbocycles. The van der Waals surface area contributed by atoms with Crippen molar-refractivity contribution in [3.8, 4) is 0 Å². The van der Waals surface area contributed by atoms with E-state index in [4.69, 9.17) is 5.73 Å². The normalized spacial score (nSPS) is 10.3. The molecule has 1 aromatic carbocycles. The summed E-state index contributed by atoms with van der Waals surface area (Å²) in [5.74, 6) is -0.847. The minimum atomic E-state index is -3.33. The van der Waals surface area contributed by atoms with Crippen LogP contribution in [0.5, 0.6) is 0 Å². The predicted molar refractivity (Wildman–Crippen MR) is 87.5 cm³/mol. The molecule has 0 atom stereocenters. The molecule has 0 aliphatic rings. The molecule has 0 fully saturated rings. The topological polar surface area (TPSA) is 130 Å². The fraction of sp³-hybridized carbons (Fsp3) is 0.333. The van der Waals surface area contributed by atoms with Crippen molar-refractivity contribution in [1.82, 2.24) is 5.32 Å². The molecule has 0 radical (unpaired) electrons. The summed E-state index contributed by atoms with van der Waals surface area (Å²) >= 11 is 0. The average Bonchev–Trinajstić information content (AvgIpc) is 2.46. The van der Waals surface area contributed by atoms with Crippen molar-refractivity contribution in [3.63, 3.8) is 0 Å². The lowest BCUT2D eigenvalue weighted by molar-refractivity contribution is -0.123. The van der Waals surface area contributed by atoms with E-state index in [9.17, 15) is 18.0 Å². The molecule has 0 spiro atoms. The number of benzene rings is 1. The molecular weight excluding hydrogens is 332 g/mol. The zero-order valence-electron chi connectivity index (χ0n) is 12.0. The lowest BCUT2D eigenvalue weighted by Crippen LogP contribution is -2.36. The highest BCUT2D eigenvalue weighted by molar-refractivity contribution is 7.92. The second-order valence-corrected chi connectivity index (χ2v) is 6.12. The molecule has 0 aliphatic heterocycles. The third kappa shape index (κ3) is 7.25. The second kappa shape index (κ2) is 9.23. The molecule has 1 rings (SSSR count). The number of hydrogen-bond acceptors (Lipinski definition) is 5. The third-order valence-corrected chi connectivity index (χ3v) is 3.76. The summed E-state index contributed by atoms with van der Waals surface area (Å²) < 4.78 is 25.1. The van der Waals surface area contributed by atoms with Crippen LogP contribution in [-0.2, 0) is 19.6 Å². The van der Waals surface area contributed by atoms with Crippen LogP contribution in [0.15, 0.2) is 24.3 Å². The monoisotopic (exact) mass is 350 g/mol. The van der Waals surface area contributed by atoms with Gasteiger partial charge in [0.05, 0.1) is 18.8 Å². The zero-order valence-corrected chi connectivity index (χ0v) is 13.6. The molecule has 1 aromatic rings. The van der Waals surface area contributed by atoms with Gasteiger partial charge in [-0.2, -0.15) is 0 Å². The minimum Gasteiger partial charge on any atom is -0.346 e. The van der Waals surface area contributed by atoms with Crippen LogP contribution in [0, 0.1) is 0 Å². The molecule has 124 valence electrons. The van der Waals surface area contributed by atoms with E-state index in [1.54, 1.807) is 12.1 Å². The fourth-order valence-electron chi connectivity index (χ4n) is 1.33. The molecule has 0 heterocycles. The van der Waals surface area contributed by atoms with Gasteiger partial charge in [-0.3, -0.25) is 14.3 Å². The van der Waals surface area contributed by atoms with Crippen LogP contribution in [0.3, 0.4) is 0 Å². The van der Waals surface area contributed by atoms with Gasteiger partial charge in [0.25, 0.3) is 0 Å². The maximum absolute atomic E-state index is 11.5. The molecule has 0 saturated carbocycles. The Morgan fingerprint density at radius 2 is 1.64 bits per heavy atom. The first-order valence-electron chi connectivity index (χ1n) is 6.23. The Kier molecular flexibility index (Phi) is 8.46. The number of sulfonamides is 1. The Hall–Kier alpha value is -1.84. The molecule has 22 heavy (non-hydrogen) atoms. The number of anilines is 2. The molecule has 8 nitrogen and oxygen atoms in total. The van der Waals surface area contributed by atoms with Gasteiger partial charge in [0, 0.05) is 11.4 Å². The lowest BCUT2D eigenvalue weighted by atomic mass is 10.3. The maximum atomic E-state index is 11.5. The number of halogens is 1. The minimum absolute atomic E-state index is 0. The first kappa shape index (κ1) is 20.2. The summed E-state index contributed by atoms with van der Waals surface area (Å²) in [6.45, 7) is 1.17. The Bertz CT molecular complexity index is 604. The average molecular weight is 351 g/mol. The molecule has 2 amide bonds. The van der Waals surface area contributed by atoms with Crippen molar-refractivity contribution in [2.45, 2.75) is 6.92 Å².